The topological polar surface area (TPSA) is 57.2 Å². The molecule has 2 aromatic rings. The molecule has 0 saturated heterocycles. The summed E-state index contributed by atoms with van der Waals surface area (Å²) in [6.45, 7) is 1.06. The van der Waals surface area contributed by atoms with Gasteiger partial charge in [0.2, 0.25) is 5.91 Å². The fourth-order valence-corrected chi connectivity index (χ4v) is 5.12. The summed E-state index contributed by atoms with van der Waals surface area (Å²) >= 11 is 0. The highest BCUT2D eigenvalue weighted by atomic mass is 16.5. The highest BCUT2D eigenvalue weighted by Crippen LogP contribution is 2.39. The Morgan fingerprint density at radius 3 is 2.27 bits per heavy atom. The molecule has 1 fully saturated rings. The Morgan fingerprint density at radius 2 is 1.61 bits per heavy atom. The van der Waals surface area contributed by atoms with E-state index in [1.54, 1.807) is 21.3 Å². The zero-order valence-electron chi connectivity index (χ0n) is 20.0. The summed E-state index contributed by atoms with van der Waals surface area (Å²) < 4.78 is 22.5. The molecule has 1 unspecified atom stereocenters. The largest absolute Gasteiger partial charge is 0.497 e. The predicted octanol–water partition coefficient (Wildman–Crippen LogP) is 5.19. The maximum absolute atomic E-state index is 13.3. The van der Waals surface area contributed by atoms with E-state index in [0.717, 1.165) is 29.9 Å². The number of fused-ring (bicyclic) bond motifs is 1. The molecule has 33 heavy (non-hydrogen) atoms. The lowest BCUT2D eigenvalue weighted by atomic mass is 9.91. The molecule has 0 spiro atoms. The Kier molecular flexibility index (Phi) is 7.63. The van der Waals surface area contributed by atoms with Crippen molar-refractivity contribution in [3.05, 3.63) is 47.5 Å². The SMILES string of the molecule is COc1ccc(OCC2c3cc(OC)c(OC)cc3CCN2C(=O)CCC2CCCC2)cc1. The zero-order valence-corrected chi connectivity index (χ0v) is 20.0. The molecule has 1 amide bonds. The second kappa shape index (κ2) is 10.8. The summed E-state index contributed by atoms with van der Waals surface area (Å²) in [4.78, 5) is 15.4. The van der Waals surface area contributed by atoms with Crippen molar-refractivity contribution in [1.82, 2.24) is 4.90 Å². The summed E-state index contributed by atoms with van der Waals surface area (Å²) in [5, 5.41) is 0. The van der Waals surface area contributed by atoms with Crippen LogP contribution in [-0.2, 0) is 11.2 Å². The van der Waals surface area contributed by atoms with Crippen LogP contribution in [0.4, 0.5) is 0 Å². The van der Waals surface area contributed by atoms with Crippen molar-refractivity contribution in [3.63, 3.8) is 0 Å². The van der Waals surface area contributed by atoms with Gasteiger partial charge in [-0.05, 0) is 66.3 Å². The van der Waals surface area contributed by atoms with Gasteiger partial charge in [-0.2, -0.15) is 0 Å². The van der Waals surface area contributed by atoms with Crippen LogP contribution in [0.2, 0.25) is 0 Å². The van der Waals surface area contributed by atoms with Gasteiger partial charge < -0.3 is 23.8 Å². The minimum absolute atomic E-state index is 0.174. The van der Waals surface area contributed by atoms with Crippen molar-refractivity contribution in [3.8, 4) is 23.0 Å². The van der Waals surface area contributed by atoms with E-state index < -0.39 is 0 Å². The molecule has 178 valence electrons. The number of rotatable bonds is 9. The fraction of sp³-hybridized carbons (Fsp3) is 0.519. The van der Waals surface area contributed by atoms with Crippen LogP contribution >= 0.6 is 0 Å². The van der Waals surface area contributed by atoms with E-state index >= 15 is 0 Å². The maximum Gasteiger partial charge on any atom is 0.223 e. The van der Waals surface area contributed by atoms with E-state index in [0.29, 0.717) is 37.0 Å². The number of carbonyl (C=O) groups is 1. The van der Waals surface area contributed by atoms with E-state index in [9.17, 15) is 4.79 Å². The van der Waals surface area contributed by atoms with Crippen molar-refractivity contribution < 1.29 is 23.7 Å². The van der Waals surface area contributed by atoms with Crippen molar-refractivity contribution in [1.29, 1.82) is 0 Å². The van der Waals surface area contributed by atoms with Crippen LogP contribution in [0, 0.1) is 5.92 Å². The number of methoxy groups -OCH3 is 3. The molecule has 1 aliphatic heterocycles. The smallest absolute Gasteiger partial charge is 0.223 e. The summed E-state index contributed by atoms with van der Waals surface area (Å²) in [6.07, 6.45) is 7.51. The van der Waals surface area contributed by atoms with Gasteiger partial charge in [-0.15, -0.1) is 0 Å². The minimum Gasteiger partial charge on any atom is -0.497 e. The van der Waals surface area contributed by atoms with E-state index in [2.05, 4.69) is 0 Å². The van der Waals surface area contributed by atoms with Crippen LogP contribution in [0.25, 0.3) is 0 Å². The fourth-order valence-electron chi connectivity index (χ4n) is 5.12. The van der Waals surface area contributed by atoms with Crippen LogP contribution < -0.4 is 18.9 Å². The standard InChI is InChI=1S/C27H35NO5/c1-30-21-9-11-22(12-10-21)33-18-24-23-17-26(32-3)25(31-2)16-20(23)14-15-28(24)27(29)13-8-19-6-4-5-7-19/h9-12,16-17,19,24H,4-8,13-15,18H2,1-3H3. The number of ether oxygens (including phenoxy) is 4. The van der Waals surface area contributed by atoms with Gasteiger partial charge >= 0.3 is 0 Å². The average molecular weight is 454 g/mol. The molecule has 2 aliphatic rings. The zero-order chi connectivity index (χ0) is 23.2. The minimum atomic E-state index is -0.174. The Bertz CT molecular complexity index is 936. The van der Waals surface area contributed by atoms with Crippen molar-refractivity contribution >= 4 is 5.91 Å². The van der Waals surface area contributed by atoms with Gasteiger partial charge in [0, 0.05) is 13.0 Å². The number of nitrogens with zero attached hydrogens (tertiary/aromatic N) is 1. The first-order valence-corrected chi connectivity index (χ1v) is 11.9. The molecule has 6 nitrogen and oxygen atoms in total. The Morgan fingerprint density at radius 1 is 0.939 bits per heavy atom. The lowest BCUT2D eigenvalue weighted by Crippen LogP contribution is -2.42. The third-order valence-corrected chi connectivity index (χ3v) is 7.03. The summed E-state index contributed by atoms with van der Waals surface area (Å²) in [5.41, 5.74) is 2.25. The average Bonchev–Trinajstić information content (AvgIpc) is 3.38. The van der Waals surface area contributed by atoms with E-state index in [1.807, 2.05) is 41.3 Å². The van der Waals surface area contributed by atoms with Gasteiger partial charge in [-0.3, -0.25) is 4.79 Å². The molecular formula is C27H35NO5. The number of carbonyl (C=O) groups excluding carboxylic acids is 1. The number of amides is 1. The quantitative estimate of drug-likeness (QED) is 0.523. The van der Waals surface area contributed by atoms with Crippen molar-refractivity contribution in [2.45, 2.75) is 51.0 Å². The molecular weight excluding hydrogens is 418 g/mol. The van der Waals surface area contributed by atoms with Gasteiger partial charge in [-0.25, -0.2) is 0 Å². The van der Waals surface area contributed by atoms with Crippen LogP contribution in [0.1, 0.15) is 55.7 Å². The Balaban J connectivity index is 1.56. The lowest BCUT2D eigenvalue weighted by molar-refractivity contribution is -0.135. The molecule has 0 aromatic heterocycles. The maximum atomic E-state index is 13.3. The molecule has 0 N–H and O–H groups in total. The number of hydrogen-bond donors (Lipinski definition) is 0. The number of benzene rings is 2. The first kappa shape index (κ1) is 23.3. The molecule has 1 aliphatic carbocycles. The number of hydrogen-bond acceptors (Lipinski definition) is 5. The lowest BCUT2D eigenvalue weighted by Gasteiger charge is -2.38. The molecule has 4 rings (SSSR count). The van der Waals surface area contributed by atoms with Crippen LogP contribution in [0.5, 0.6) is 23.0 Å². The van der Waals surface area contributed by atoms with Gasteiger partial charge in [0.15, 0.2) is 11.5 Å². The van der Waals surface area contributed by atoms with Crippen LogP contribution in [-0.4, -0.2) is 45.3 Å². The van der Waals surface area contributed by atoms with Gasteiger partial charge in [0.05, 0.1) is 27.4 Å². The third-order valence-electron chi connectivity index (χ3n) is 7.03. The van der Waals surface area contributed by atoms with Crippen molar-refractivity contribution in [2.75, 3.05) is 34.5 Å². The Hall–Kier alpha value is -2.89. The van der Waals surface area contributed by atoms with Gasteiger partial charge in [0.25, 0.3) is 0 Å². The third kappa shape index (κ3) is 5.37. The van der Waals surface area contributed by atoms with E-state index in [4.69, 9.17) is 18.9 Å². The normalized spacial score (nSPS) is 18.0. The van der Waals surface area contributed by atoms with Crippen LogP contribution in [0.15, 0.2) is 36.4 Å². The van der Waals surface area contributed by atoms with E-state index in [1.165, 1.54) is 31.2 Å². The highest BCUT2D eigenvalue weighted by molar-refractivity contribution is 5.77. The molecule has 0 radical (unpaired) electrons. The van der Waals surface area contributed by atoms with E-state index in [-0.39, 0.29) is 11.9 Å². The molecule has 2 aromatic carbocycles. The van der Waals surface area contributed by atoms with Crippen molar-refractivity contribution in [2.24, 2.45) is 5.92 Å². The highest BCUT2D eigenvalue weighted by Gasteiger charge is 2.33. The molecule has 1 heterocycles. The first-order chi connectivity index (χ1) is 16.1. The second-order valence-corrected chi connectivity index (χ2v) is 8.93. The summed E-state index contributed by atoms with van der Waals surface area (Å²) in [7, 11) is 4.93. The Labute approximate surface area is 196 Å². The molecule has 1 saturated carbocycles. The van der Waals surface area contributed by atoms with Gasteiger partial charge in [0.1, 0.15) is 18.1 Å². The summed E-state index contributed by atoms with van der Waals surface area (Å²) in [5.74, 6) is 3.83. The molecule has 1 atom stereocenters. The molecule has 6 heteroatoms. The van der Waals surface area contributed by atoms with Gasteiger partial charge in [-0.1, -0.05) is 25.7 Å². The summed E-state index contributed by atoms with van der Waals surface area (Å²) in [6, 6.07) is 11.4. The predicted molar refractivity (Wildman–Crippen MR) is 127 cm³/mol. The van der Waals surface area contributed by atoms with Crippen LogP contribution in [0.3, 0.4) is 0 Å². The first-order valence-electron chi connectivity index (χ1n) is 11.9. The second-order valence-electron chi connectivity index (χ2n) is 8.93. The molecule has 0 bridgehead atoms. The monoisotopic (exact) mass is 453 g/mol.